The Bertz CT molecular complexity index is 574. The Balaban J connectivity index is 2.70. The fourth-order valence-electron chi connectivity index (χ4n) is 1.33. The average molecular weight is 204 g/mol. The molecule has 1 aromatic carbocycles. The summed E-state index contributed by atoms with van der Waals surface area (Å²) in [6.07, 6.45) is 1.53. The Hall–Kier alpha value is -2.17. The molecule has 0 saturated carbocycles. The van der Waals surface area contributed by atoms with Crippen LogP contribution in [0.5, 0.6) is 0 Å². The van der Waals surface area contributed by atoms with Gasteiger partial charge in [-0.2, -0.15) is 5.10 Å². The van der Waals surface area contributed by atoms with Crippen molar-refractivity contribution in [1.29, 1.82) is 0 Å². The standard InChI is InChI=1S/C10H8N2O3/c1-15-10(14)6-2-3-7-5-11-12-9(13)8(7)4-6/h2-5H,1H3,(H,12,13). The normalized spacial score (nSPS) is 10.2. The molecule has 5 heteroatoms. The molecule has 0 radical (unpaired) electrons. The number of H-pyrrole nitrogens is 1. The van der Waals surface area contributed by atoms with Crippen molar-refractivity contribution in [3.05, 3.63) is 40.3 Å². The van der Waals surface area contributed by atoms with Crippen LogP contribution in [0.4, 0.5) is 0 Å². The van der Waals surface area contributed by atoms with Crippen LogP contribution in [0.15, 0.2) is 29.2 Å². The van der Waals surface area contributed by atoms with Gasteiger partial charge in [-0.3, -0.25) is 4.79 Å². The second kappa shape index (κ2) is 3.53. The lowest BCUT2D eigenvalue weighted by Gasteiger charge is -2.00. The highest BCUT2D eigenvalue weighted by Gasteiger charge is 2.07. The van der Waals surface area contributed by atoms with Crippen LogP contribution in [0.2, 0.25) is 0 Å². The molecular weight excluding hydrogens is 196 g/mol. The second-order valence-corrected chi connectivity index (χ2v) is 2.99. The van der Waals surface area contributed by atoms with Crippen LogP contribution in [0.25, 0.3) is 10.8 Å². The van der Waals surface area contributed by atoms with E-state index in [1.807, 2.05) is 0 Å². The summed E-state index contributed by atoms with van der Waals surface area (Å²) in [6, 6.07) is 4.74. The third kappa shape index (κ3) is 1.59. The summed E-state index contributed by atoms with van der Waals surface area (Å²) in [5.74, 6) is -0.465. The fourth-order valence-corrected chi connectivity index (χ4v) is 1.33. The molecule has 2 aromatic rings. The number of fused-ring (bicyclic) bond motifs is 1. The van der Waals surface area contributed by atoms with Crippen LogP contribution in [0, 0.1) is 0 Å². The maximum Gasteiger partial charge on any atom is 0.337 e. The van der Waals surface area contributed by atoms with E-state index in [0.29, 0.717) is 16.3 Å². The van der Waals surface area contributed by atoms with Gasteiger partial charge in [-0.05, 0) is 12.1 Å². The first-order valence-electron chi connectivity index (χ1n) is 4.28. The van der Waals surface area contributed by atoms with E-state index in [-0.39, 0.29) is 5.56 Å². The zero-order valence-electron chi connectivity index (χ0n) is 7.98. The van der Waals surface area contributed by atoms with Crippen molar-refractivity contribution in [2.45, 2.75) is 0 Å². The molecule has 0 amide bonds. The molecule has 1 aromatic heterocycles. The molecule has 2 rings (SSSR count). The van der Waals surface area contributed by atoms with Crippen molar-refractivity contribution in [3.8, 4) is 0 Å². The van der Waals surface area contributed by atoms with Crippen LogP contribution in [0.3, 0.4) is 0 Å². The summed E-state index contributed by atoms with van der Waals surface area (Å²) >= 11 is 0. The van der Waals surface area contributed by atoms with Crippen LogP contribution < -0.4 is 5.56 Å². The van der Waals surface area contributed by atoms with Gasteiger partial charge in [-0.15, -0.1) is 0 Å². The quantitative estimate of drug-likeness (QED) is 0.694. The van der Waals surface area contributed by atoms with E-state index >= 15 is 0 Å². The van der Waals surface area contributed by atoms with Gasteiger partial charge in [0.1, 0.15) is 0 Å². The molecule has 0 saturated heterocycles. The van der Waals surface area contributed by atoms with Crippen molar-refractivity contribution in [2.75, 3.05) is 7.11 Å². The van der Waals surface area contributed by atoms with Gasteiger partial charge in [0.05, 0.1) is 24.3 Å². The molecule has 0 aliphatic carbocycles. The van der Waals surface area contributed by atoms with Gasteiger partial charge in [0.25, 0.3) is 5.56 Å². The molecular formula is C10H8N2O3. The van der Waals surface area contributed by atoms with Crippen molar-refractivity contribution < 1.29 is 9.53 Å². The number of esters is 1. The lowest BCUT2D eigenvalue weighted by atomic mass is 10.1. The van der Waals surface area contributed by atoms with E-state index in [4.69, 9.17) is 0 Å². The maximum absolute atomic E-state index is 11.4. The Labute approximate surface area is 84.7 Å². The zero-order valence-corrected chi connectivity index (χ0v) is 7.98. The molecule has 0 spiro atoms. The van der Waals surface area contributed by atoms with E-state index in [0.717, 1.165) is 0 Å². The minimum Gasteiger partial charge on any atom is -0.465 e. The number of hydrogen-bond donors (Lipinski definition) is 1. The van der Waals surface area contributed by atoms with Gasteiger partial charge in [-0.25, -0.2) is 9.89 Å². The number of methoxy groups -OCH3 is 1. The van der Waals surface area contributed by atoms with Crippen LogP contribution >= 0.6 is 0 Å². The van der Waals surface area contributed by atoms with Gasteiger partial charge < -0.3 is 4.74 Å². The topological polar surface area (TPSA) is 72.0 Å². The molecule has 0 aliphatic heterocycles. The fraction of sp³-hybridized carbons (Fsp3) is 0.100. The monoisotopic (exact) mass is 204 g/mol. The maximum atomic E-state index is 11.4. The van der Waals surface area contributed by atoms with Crippen molar-refractivity contribution in [3.63, 3.8) is 0 Å². The number of benzene rings is 1. The number of ether oxygens (including phenoxy) is 1. The summed E-state index contributed by atoms with van der Waals surface area (Å²) in [7, 11) is 1.29. The zero-order chi connectivity index (χ0) is 10.8. The van der Waals surface area contributed by atoms with E-state index in [1.165, 1.54) is 19.4 Å². The van der Waals surface area contributed by atoms with Crippen molar-refractivity contribution >= 4 is 16.7 Å². The number of aromatic nitrogens is 2. The molecule has 76 valence electrons. The van der Waals surface area contributed by atoms with E-state index < -0.39 is 5.97 Å². The van der Waals surface area contributed by atoms with Gasteiger partial charge in [0, 0.05) is 5.39 Å². The lowest BCUT2D eigenvalue weighted by molar-refractivity contribution is 0.0601. The highest BCUT2D eigenvalue weighted by molar-refractivity contribution is 5.94. The number of carbonyl (C=O) groups is 1. The third-order valence-electron chi connectivity index (χ3n) is 2.09. The van der Waals surface area contributed by atoms with E-state index in [9.17, 15) is 9.59 Å². The van der Waals surface area contributed by atoms with Crippen LogP contribution in [-0.4, -0.2) is 23.3 Å². The molecule has 1 heterocycles. The van der Waals surface area contributed by atoms with Gasteiger partial charge in [-0.1, -0.05) is 6.07 Å². The largest absolute Gasteiger partial charge is 0.465 e. The van der Waals surface area contributed by atoms with E-state index in [2.05, 4.69) is 14.9 Å². The Morgan fingerprint density at radius 2 is 2.27 bits per heavy atom. The summed E-state index contributed by atoms with van der Waals surface area (Å²) in [5.41, 5.74) is 0.0277. The molecule has 1 N–H and O–H groups in total. The third-order valence-corrected chi connectivity index (χ3v) is 2.09. The molecule has 5 nitrogen and oxygen atoms in total. The first kappa shape index (κ1) is 9.39. The van der Waals surface area contributed by atoms with E-state index in [1.54, 1.807) is 12.1 Å². The van der Waals surface area contributed by atoms with Gasteiger partial charge in [0.15, 0.2) is 0 Å². The summed E-state index contributed by atoms with van der Waals surface area (Å²) < 4.78 is 4.56. The Morgan fingerprint density at radius 3 is 3.00 bits per heavy atom. The van der Waals surface area contributed by atoms with Crippen LogP contribution in [0.1, 0.15) is 10.4 Å². The van der Waals surface area contributed by atoms with Crippen molar-refractivity contribution in [1.82, 2.24) is 10.2 Å². The summed E-state index contributed by atoms with van der Waals surface area (Å²) in [4.78, 5) is 22.6. The minimum atomic E-state index is -0.465. The Morgan fingerprint density at radius 1 is 1.47 bits per heavy atom. The molecule has 0 unspecified atom stereocenters. The first-order chi connectivity index (χ1) is 7.22. The van der Waals surface area contributed by atoms with Crippen LogP contribution in [-0.2, 0) is 4.74 Å². The van der Waals surface area contributed by atoms with Gasteiger partial charge in [0.2, 0.25) is 0 Å². The van der Waals surface area contributed by atoms with Gasteiger partial charge >= 0.3 is 5.97 Å². The molecule has 0 fully saturated rings. The number of aromatic amines is 1. The molecule has 0 atom stereocenters. The van der Waals surface area contributed by atoms with Crippen molar-refractivity contribution in [2.24, 2.45) is 0 Å². The predicted molar refractivity (Wildman–Crippen MR) is 53.7 cm³/mol. The number of carbonyl (C=O) groups excluding carboxylic acids is 1. The molecule has 0 bridgehead atoms. The second-order valence-electron chi connectivity index (χ2n) is 2.99. The highest BCUT2D eigenvalue weighted by Crippen LogP contribution is 2.11. The number of hydrogen-bond acceptors (Lipinski definition) is 4. The smallest absolute Gasteiger partial charge is 0.337 e. The highest BCUT2D eigenvalue weighted by atomic mass is 16.5. The SMILES string of the molecule is COC(=O)c1ccc2cn[nH]c(=O)c2c1. The average Bonchev–Trinajstić information content (AvgIpc) is 2.28. The number of rotatable bonds is 1. The molecule has 0 aliphatic rings. The number of nitrogens with one attached hydrogen (secondary N) is 1. The summed E-state index contributed by atoms with van der Waals surface area (Å²) in [6.45, 7) is 0. The lowest BCUT2D eigenvalue weighted by Crippen LogP contribution is -2.09. The Kier molecular flexibility index (Phi) is 2.21. The molecule has 15 heavy (non-hydrogen) atoms. The first-order valence-corrected chi connectivity index (χ1v) is 4.28. The summed E-state index contributed by atoms with van der Waals surface area (Å²) in [5, 5.41) is 7.06. The predicted octanol–water partition coefficient (Wildman–Crippen LogP) is 0.710. The number of nitrogens with zero attached hydrogens (tertiary/aromatic N) is 1. The minimum absolute atomic E-state index is 0.321.